The number of hydrogen-bond donors (Lipinski definition) is 1. The summed E-state index contributed by atoms with van der Waals surface area (Å²) in [7, 11) is 1.69. The van der Waals surface area contributed by atoms with Crippen molar-refractivity contribution in [2.24, 2.45) is 0 Å². The largest absolute Gasteiger partial charge is 0.496 e. The van der Waals surface area contributed by atoms with Crippen molar-refractivity contribution in [1.82, 2.24) is 9.97 Å². The zero-order valence-electron chi connectivity index (χ0n) is 15.7. The van der Waals surface area contributed by atoms with Crippen LogP contribution in [0.25, 0.3) is 6.08 Å². The molecule has 1 aliphatic rings. The average molecular weight is 385 g/mol. The maximum atomic E-state index is 11.7. The molecule has 2 aromatic rings. The Kier molecular flexibility index (Phi) is 6.34. The Labute approximate surface area is 163 Å². The minimum absolute atomic E-state index is 0.0931. The van der Waals surface area contributed by atoms with Gasteiger partial charge in [0.2, 0.25) is 0 Å². The van der Waals surface area contributed by atoms with Crippen LogP contribution in [0.2, 0.25) is 0 Å². The molecule has 1 aromatic carbocycles. The summed E-state index contributed by atoms with van der Waals surface area (Å²) in [6.07, 6.45) is 8.67. The zero-order valence-corrected chi connectivity index (χ0v) is 16.5. The van der Waals surface area contributed by atoms with Crippen LogP contribution in [-0.2, 0) is 16.0 Å². The lowest BCUT2D eigenvalue weighted by Crippen LogP contribution is -2.11. The molecule has 0 saturated heterocycles. The summed E-state index contributed by atoms with van der Waals surface area (Å²) in [5.41, 5.74) is 3.20. The monoisotopic (exact) mass is 385 g/mol. The maximum Gasteiger partial charge on any atom is 0.330 e. The second kappa shape index (κ2) is 8.90. The topological polar surface area (TPSA) is 73.3 Å². The van der Waals surface area contributed by atoms with E-state index in [0.717, 1.165) is 24.2 Å². The van der Waals surface area contributed by atoms with Crippen LogP contribution >= 0.6 is 11.8 Å². The van der Waals surface area contributed by atoms with Gasteiger partial charge in [0.25, 0.3) is 0 Å². The minimum Gasteiger partial charge on any atom is -0.496 e. The molecule has 1 N–H and O–H groups in total. The normalized spacial score (nSPS) is 15.6. The van der Waals surface area contributed by atoms with Gasteiger partial charge < -0.3 is 14.8 Å². The second-order valence-electron chi connectivity index (χ2n) is 6.01. The number of carbonyl (C=O) groups is 1. The summed E-state index contributed by atoms with van der Waals surface area (Å²) in [5, 5.41) is 4.19. The SMILES string of the molecule is CCOC(=O)C=Cc1cnc(SC)nc1NC1CCc2cccc(OC)c21. The molecule has 1 unspecified atom stereocenters. The van der Waals surface area contributed by atoms with Crippen molar-refractivity contribution in [2.45, 2.75) is 31.0 Å². The van der Waals surface area contributed by atoms with E-state index < -0.39 is 0 Å². The van der Waals surface area contributed by atoms with Crippen molar-refractivity contribution in [3.63, 3.8) is 0 Å². The molecule has 27 heavy (non-hydrogen) atoms. The molecule has 1 atom stereocenters. The molecule has 3 rings (SSSR count). The van der Waals surface area contributed by atoms with Crippen LogP contribution in [0.3, 0.4) is 0 Å². The van der Waals surface area contributed by atoms with Crippen LogP contribution in [0.15, 0.2) is 35.6 Å². The molecule has 0 radical (unpaired) electrons. The van der Waals surface area contributed by atoms with Crippen LogP contribution in [0.5, 0.6) is 5.75 Å². The lowest BCUT2D eigenvalue weighted by molar-refractivity contribution is -0.137. The fourth-order valence-electron chi connectivity index (χ4n) is 3.19. The minimum atomic E-state index is -0.384. The van der Waals surface area contributed by atoms with Crippen LogP contribution in [-0.4, -0.2) is 35.9 Å². The molecule has 142 valence electrons. The van der Waals surface area contributed by atoms with Gasteiger partial charge in [-0.3, -0.25) is 0 Å². The first-order chi connectivity index (χ1) is 13.2. The third kappa shape index (κ3) is 4.42. The molecule has 6 nitrogen and oxygen atoms in total. The summed E-state index contributed by atoms with van der Waals surface area (Å²) >= 11 is 1.47. The second-order valence-corrected chi connectivity index (χ2v) is 6.79. The van der Waals surface area contributed by atoms with E-state index in [-0.39, 0.29) is 12.0 Å². The quantitative estimate of drug-likeness (QED) is 0.335. The molecule has 0 amide bonds. The van der Waals surface area contributed by atoms with Gasteiger partial charge in [-0.1, -0.05) is 23.9 Å². The van der Waals surface area contributed by atoms with Crippen LogP contribution < -0.4 is 10.1 Å². The van der Waals surface area contributed by atoms with Gasteiger partial charge in [-0.15, -0.1) is 0 Å². The number of ether oxygens (including phenoxy) is 2. The standard InChI is InChI=1S/C20H23N3O3S/c1-4-26-17(24)11-9-14-12-21-20(27-3)23-19(14)22-15-10-8-13-6-5-7-16(25-2)18(13)15/h5-7,9,11-12,15H,4,8,10H2,1-3H3,(H,21,22,23). The Morgan fingerprint density at radius 1 is 1.44 bits per heavy atom. The number of benzene rings is 1. The van der Waals surface area contributed by atoms with E-state index in [2.05, 4.69) is 21.4 Å². The highest BCUT2D eigenvalue weighted by Crippen LogP contribution is 2.40. The van der Waals surface area contributed by atoms with E-state index in [0.29, 0.717) is 17.6 Å². The van der Waals surface area contributed by atoms with Gasteiger partial charge in [-0.2, -0.15) is 0 Å². The van der Waals surface area contributed by atoms with Crippen LogP contribution in [0, 0.1) is 0 Å². The average Bonchev–Trinajstić information content (AvgIpc) is 3.10. The van der Waals surface area contributed by atoms with Crippen molar-refractivity contribution in [2.75, 3.05) is 25.3 Å². The molecule has 7 heteroatoms. The number of aromatic nitrogens is 2. The van der Waals surface area contributed by atoms with Crippen molar-refractivity contribution < 1.29 is 14.3 Å². The van der Waals surface area contributed by atoms with Gasteiger partial charge in [-0.25, -0.2) is 14.8 Å². The highest BCUT2D eigenvalue weighted by atomic mass is 32.2. The number of thioether (sulfide) groups is 1. The number of fused-ring (bicyclic) bond motifs is 1. The van der Waals surface area contributed by atoms with Gasteiger partial charge in [-0.05, 0) is 43.7 Å². The Morgan fingerprint density at radius 2 is 2.30 bits per heavy atom. The van der Waals surface area contributed by atoms with Crippen molar-refractivity contribution in [1.29, 1.82) is 0 Å². The summed E-state index contributed by atoms with van der Waals surface area (Å²) in [6.45, 7) is 2.12. The van der Waals surface area contributed by atoms with Crippen molar-refractivity contribution in [3.05, 3.63) is 47.2 Å². The van der Waals surface area contributed by atoms with Gasteiger partial charge in [0.15, 0.2) is 5.16 Å². The molecule has 0 saturated carbocycles. The summed E-state index contributed by atoms with van der Waals surface area (Å²) < 4.78 is 10.5. The molecular weight excluding hydrogens is 362 g/mol. The molecule has 0 fully saturated rings. The van der Waals surface area contributed by atoms with Gasteiger partial charge in [0, 0.05) is 23.4 Å². The fraction of sp³-hybridized carbons (Fsp3) is 0.350. The van der Waals surface area contributed by atoms with Gasteiger partial charge >= 0.3 is 5.97 Å². The summed E-state index contributed by atoms with van der Waals surface area (Å²) in [6, 6.07) is 6.22. The van der Waals surface area contributed by atoms with E-state index >= 15 is 0 Å². The number of aryl methyl sites for hydroxylation is 1. The van der Waals surface area contributed by atoms with E-state index in [4.69, 9.17) is 9.47 Å². The highest BCUT2D eigenvalue weighted by Gasteiger charge is 2.26. The number of hydrogen-bond acceptors (Lipinski definition) is 7. The summed E-state index contributed by atoms with van der Waals surface area (Å²) in [4.78, 5) is 20.6. The number of anilines is 1. The summed E-state index contributed by atoms with van der Waals surface area (Å²) in [5.74, 6) is 1.19. The van der Waals surface area contributed by atoms with Crippen molar-refractivity contribution in [3.8, 4) is 5.75 Å². The third-order valence-corrected chi connectivity index (χ3v) is 4.96. The number of carbonyl (C=O) groups excluding carboxylic acids is 1. The van der Waals surface area contributed by atoms with Gasteiger partial charge in [0.1, 0.15) is 11.6 Å². The number of esters is 1. The molecule has 1 aromatic heterocycles. The molecule has 1 heterocycles. The predicted octanol–water partition coefficient (Wildman–Crippen LogP) is 3.88. The molecule has 1 aliphatic carbocycles. The Hall–Kier alpha value is -2.54. The Morgan fingerprint density at radius 3 is 3.04 bits per heavy atom. The Balaban J connectivity index is 1.90. The molecule has 0 bridgehead atoms. The van der Waals surface area contributed by atoms with Gasteiger partial charge in [0.05, 0.1) is 19.8 Å². The Bertz CT molecular complexity index is 854. The smallest absolute Gasteiger partial charge is 0.330 e. The zero-order chi connectivity index (χ0) is 19.2. The van der Waals surface area contributed by atoms with Crippen LogP contribution in [0.1, 0.15) is 36.1 Å². The third-order valence-electron chi connectivity index (χ3n) is 4.40. The predicted molar refractivity (Wildman–Crippen MR) is 107 cm³/mol. The molecular formula is C20H23N3O3S. The van der Waals surface area contributed by atoms with E-state index in [9.17, 15) is 4.79 Å². The van der Waals surface area contributed by atoms with E-state index in [1.807, 2.05) is 18.4 Å². The lowest BCUT2D eigenvalue weighted by Gasteiger charge is -2.19. The number of nitrogens with one attached hydrogen (secondary N) is 1. The number of nitrogens with zero attached hydrogens (tertiary/aromatic N) is 2. The van der Waals surface area contributed by atoms with E-state index in [1.165, 1.54) is 29.0 Å². The number of methoxy groups -OCH3 is 1. The first-order valence-electron chi connectivity index (χ1n) is 8.84. The highest BCUT2D eigenvalue weighted by molar-refractivity contribution is 7.98. The first-order valence-corrected chi connectivity index (χ1v) is 10.1. The lowest BCUT2D eigenvalue weighted by atomic mass is 10.1. The molecule has 0 aliphatic heterocycles. The maximum absolute atomic E-state index is 11.7. The first kappa shape index (κ1) is 19.2. The van der Waals surface area contributed by atoms with Crippen molar-refractivity contribution >= 4 is 29.6 Å². The van der Waals surface area contributed by atoms with E-state index in [1.54, 1.807) is 26.3 Å². The van der Waals surface area contributed by atoms with Crippen LogP contribution in [0.4, 0.5) is 5.82 Å². The molecule has 0 spiro atoms. The fourth-order valence-corrected chi connectivity index (χ4v) is 3.53. The number of rotatable bonds is 7.